The molecular weight excluding hydrogens is 272 g/mol. The first kappa shape index (κ1) is 16.8. The van der Waals surface area contributed by atoms with Gasteiger partial charge in [0.25, 0.3) is 0 Å². The van der Waals surface area contributed by atoms with E-state index in [1.807, 2.05) is 26.0 Å². The lowest BCUT2D eigenvalue weighted by Gasteiger charge is -2.35. The minimum absolute atomic E-state index is 0.179. The zero-order valence-electron chi connectivity index (χ0n) is 14.5. The van der Waals surface area contributed by atoms with Crippen LogP contribution >= 0.6 is 0 Å². The van der Waals surface area contributed by atoms with E-state index >= 15 is 0 Å². The summed E-state index contributed by atoms with van der Waals surface area (Å²) in [5.41, 5.74) is 3.61. The van der Waals surface area contributed by atoms with Crippen LogP contribution in [0.5, 0.6) is 5.75 Å². The van der Waals surface area contributed by atoms with Gasteiger partial charge in [-0.25, -0.2) is 0 Å². The summed E-state index contributed by atoms with van der Waals surface area (Å²) in [6.07, 6.45) is 4.27. The van der Waals surface area contributed by atoms with E-state index in [9.17, 15) is 4.79 Å². The molecule has 1 aromatic rings. The van der Waals surface area contributed by atoms with Gasteiger partial charge in [-0.05, 0) is 73.3 Å². The zero-order valence-corrected chi connectivity index (χ0v) is 14.5. The number of aldehydes is 1. The summed E-state index contributed by atoms with van der Waals surface area (Å²) in [6, 6.07) is 8.16. The van der Waals surface area contributed by atoms with E-state index in [4.69, 9.17) is 4.74 Å². The van der Waals surface area contributed by atoms with Crippen molar-refractivity contribution < 1.29 is 9.53 Å². The number of rotatable bonds is 4. The Morgan fingerprint density at radius 3 is 2.32 bits per heavy atom. The second-order valence-electron chi connectivity index (χ2n) is 7.62. The third-order valence-corrected chi connectivity index (χ3v) is 4.54. The van der Waals surface area contributed by atoms with Crippen LogP contribution in [-0.2, 0) is 4.79 Å². The first-order valence-corrected chi connectivity index (χ1v) is 8.25. The molecule has 0 bridgehead atoms. The maximum atomic E-state index is 11.5. The molecule has 120 valence electrons. The van der Waals surface area contributed by atoms with Crippen molar-refractivity contribution in [3.05, 3.63) is 35.4 Å². The highest BCUT2D eigenvalue weighted by molar-refractivity contribution is 5.88. The summed E-state index contributed by atoms with van der Waals surface area (Å²) in [7, 11) is 0. The number of carbonyl (C=O) groups is 1. The van der Waals surface area contributed by atoms with Gasteiger partial charge < -0.3 is 4.74 Å². The van der Waals surface area contributed by atoms with E-state index in [0.29, 0.717) is 5.92 Å². The van der Waals surface area contributed by atoms with Crippen LogP contribution in [-0.4, -0.2) is 12.4 Å². The van der Waals surface area contributed by atoms with Crippen LogP contribution in [0.15, 0.2) is 29.8 Å². The van der Waals surface area contributed by atoms with Crippen LogP contribution in [0.3, 0.4) is 0 Å². The molecule has 2 nitrogen and oxygen atoms in total. The molecule has 1 aromatic carbocycles. The van der Waals surface area contributed by atoms with E-state index in [1.54, 1.807) is 0 Å². The number of allylic oxidation sites excluding steroid dienone is 2. The maximum absolute atomic E-state index is 11.5. The van der Waals surface area contributed by atoms with Gasteiger partial charge in [-0.2, -0.15) is 0 Å². The lowest BCUT2D eigenvalue weighted by atomic mass is 9.70. The monoisotopic (exact) mass is 300 g/mol. The summed E-state index contributed by atoms with van der Waals surface area (Å²) in [5.74, 6) is 1.47. The fourth-order valence-corrected chi connectivity index (χ4v) is 3.16. The molecule has 1 aliphatic rings. The van der Waals surface area contributed by atoms with Crippen LogP contribution in [0.1, 0.15) is 59.4 Å². The molecule has 0 saturated heterocycles. The summed E-state index contributed by atoms with van der Waals surface area (Å²) in [4.78, 5) is 11.5. The van der Waals surface area contributed by atoms with Crippen molar-refractivity contribution in [1.82, 2.24) is 0 Å². The van der Waals surface area contributed by atoms with E-state index in [1.165, 1.54) is 5.57 Å². The molecule has 0 amide bonds. The first-order chi connectivity index (χ1) is 10.3. The van der Waals surface area contributed by atoms with Crippen molar-refractivity contribution in [2.45, 2.75) is 60.0 Å². The van der Waals surface area contributed by atoms with E-state index in [0.717, 1.165) is 42.4 Å². The summed E-state index contributed by atoms with van der Waals surface area (Å²) in [6.45, 7) is 10.8. The lowest BCUT2D eigenvalue weighted by Crippen LogP contribution is -2.24. The standard InChI is InChI=1S/C20H28O2/c1-14(2)22-18-9-6-15(7-10-18)19-11-8-17(20(3,4)5)12-16(19)13-21/h6-7,9-10,13-14,17H,8,11-12H2,1-5H3. The van der Waals surface area contributed by atoms with E-state index in [-0.39, 0.29) is 11.5 Å². The van der Waals surface area contributed by atoms with Gasteiger partial charge in [0.05, 0.1) is 6.10 Å². The molecule has 0 fully saturated rings. The van der Waals surface area contributed by atoms with Gasteiger partial charge in [0, 0.05) is 0 Å². The molecule has 0 spiro atoms. The number of hydrogen-bond acceptors (Lipinski definition) is 2. The summed E-state index contributed by atoms with van der Waals surface area (Å²) < 4.78 is 5.69. The van der Waals surface area contributed by atoms with Crippen molar-refractivity contribution in [2.75, 3.05) is 0 Å². The molecule has 2 heteroatoms. The van der Waals surface area contributed by atoms with Crippen LogP contribution in [0.4, 0.5) is 0 Å². The van der Waals surface area contributed by atoms with Gasteiger partial charge in [0.15, 0.2) is 0 Å². The average molecular weight is 300 g/mol. The largest absolute Gasteiger partial charge is 0.491 e. The van der Waals surface area contributed by atoms with E-state index < -0.39 is 0 Å². The highest BCUT2D eigenvalue weighted by atomic mass is 16.5. The van der Waals surface area contributed by atoms with Crippen molar-refractivity contribution >= 4 is 11.9 Å². The van der Waals surface area contributed by atoms with Crippen molar-refractivity contribution in [2.24, 2.45) is 11.3 Å². The number of hydrogen-bond donors (Lipinski definition) is 0. The zero-order chi connectivity index (χ0) is 16.3. The van der Waals surface area contributed by atoms with Gasteiger partial charge in [-0.1, -0.05) is 32.9 Å². The van der Waals surface area contributed by atoms with Crippen LogP contribution in [0.25, 0.3) is 5.57 Å². The fraction of sp³-hybridized carbons (Fsp3) is 0.550. The SMILES string of the molecule is CC(C)Oc1ccc(C2=C(C=O)CC(C(C)(C)C)CC2)cc1. The molecule has 0 aromatic heterocycles. The molecular formula is C20H28O2. The van der Waals surface area contributed by atoms with Crippen LogP contribution < -0.4 is 4.74 Å². The lowest BCUT2D eigenvalue weighted by molar-refractivity contribution is -0.105. The Labute approximate surface area is 134 Å². The molecule has 0 heterocycles. The Balaban J connectivity index is 2.23. The predicted molar refractivity (Wildman–Crippen MR) is 92.0 cm³/mol. The van der Waals surface area contributed by atoms with Gasteiger partial charge in [-0.15, -0.1) is 0 Å². The number of carbonyl (C=O) groups excluding carboxylic acids is 1. The fourth-order valence-electron chi connectivity index (χ4n) is 3.16. The van der Waals surface area contributed by atoms with Crippen molar-refractivity contribution in [3.63, 3.8) is 0 Å². The van der Waals surface area contributed by atoms with Gasteiger partial charge in [-0.3, -0.25) is 4.79 Å². The summed E-state index contributed by atoms with van der Waals surface area (Å²) >= 11 is 0. The van der Waals surface area contributed by atoms with E-state index in [2.05, 4.69) is 32.9 Å². The Hall–Kier alpha value is -1.57. The highest BCUT2D eigenvalue weighted by Crippen LogP contribution is 2.42. The molecule has 0 aliphatic heterocycles. The minimum Gasteiger partial charge on any atom is -0.491 e. The second kappa shape index (κ2) is 6.68. The van der Waals surface area contributed by atoms with Crippen molar-refractivity contribution in [3.8, 4) is 5.75 Å². The van der Waals surface area contributed by atoms with Crippen LogP contribution in [0.2, 0.25) is 0 Å². The van der Waals surface area contributed by atoms with Gasteiger partial charge >= 0.3 is 0 Å². The highest BCUT2D eigenvalue weighted by Gasteiger charge is 2.30. The second-order valence-corrected chi connectivity index (χ2v) is 7.62. The normalized spacial score (nSPS) is 19.5. The topological polar surface area (TPSA) is 26.3 Å². The molecule has 2 rings (SSSR count). The van der Waals surface area contributed by atoms with Gasteiger partial charge in [0.1, 0.15) is 12.0 Å². The Bertz CT molecular complexity index is 544. The smallest absolute Gasteiger partial charge is 0.146 e. The Morgan fingerprint density at radius 2 is 1.82 bits per heavy atom. The predicted octanol–water partition coefficient (Wildman–Crippen LogP) is 5.27. The molecule has 1 unspecified atom stereocenters. The Morgan fingerprint density at radius 1 is 1.18 bits per heavy atom. The maximum Gasteiger partial charge on any atom is 0.146 e. The number of benzene rings is 1. The molecule has 0 radical (unpaired) electrons. The summed E-state index contributed by atoms with van der Waals surface area (Å²) in [5, 5.41) is 0. The molecule has 22 heavy (non-hydrogen) atoms. The van der Waals surface area contributed by atoms with Gasteiger partial charge in [0.2, 0.25) is 0 Å². The third kappa shape index (κ3) is 4.00. The first-order valence-electron chi connectivity index (χ1n) is 8.25. The quantitative estimate of drug-likeness (QED) is 0.708. The molecule has 0 saturated carbocycles. The minimum atomic E-state index is 0.179. The van der Waals surface area contributed by atoms with Crippen molar-refractivity contribution in [1.29, 1.82) is 0 Å². The molecule has 1 atom stereocenters. The van der Waals surface area contributed by atoms with Crippen LogP contribution in [0, 0.1) is 11.3 Å². The Kier molecular flexibility index (Phi) is 5.10. The molecule has 1 aliphatic carbocycles. The number of ether oxygens (including phenoxy) is 1. The third-order valence-electron chi connectivity index (χ3n) is 4.54. The molecule has 0 N–H and O–H groups in total. The average Bonchev–Trinajstić information content (AvgIpc) is 2.46.